The zero-order valence-electron chi connectivity index (χ0n) is 15.0. The number of ether oxygens (including phenoxy) is 2. The van der Waals surface area contributed by atoms with Crippen LogP contribution in [0.4, 0.5) is 0 Å². The number of unbranched alkanes of at least 4 members (excludes halogenated alkanes) is 1. The number of likely N-dealkylation sites (N-methyl/N-ethyl adjacent to an activating group) is 1. The van der Waals surface area contributed by atoms with E-state index in [1.54, 1.807) is 7.11 Å². The molecule has 5 nitrogen and oxygen atoms in total. The monoisotopic (exact) mass is 362 g/mol. The number of hydrogen-bond donors (Lipinski definition) is 0. The lowest BCUT2D eigenvalue weighted by molar-refractivity contribution is 0.0498. The van der Waals surface area contributed by atoms with Gasteiger partial charge in [-0.2, -0.15) is 0 Å². The first-order valence-corrected chi connectivity index (χ1v) is 9.63. The lowest BCUT2D eigenvalue weighted by Crippen LogP contribution is -2.44. The molecule has 0 amide bonds. The highest BCUT2D eigenvalue weighted by molar-refractivity contribution is 7.20. The van der Waals surface area contributed by atoms with Crippen LogP contribution in [0.25, 0.3) is 10.1 Å². The molecule has 1 fully saturated rings. The van der Waals surface area contributed by atoms with Gasteiger partial charge in [0.2, 0.25) is 0 Å². The highest BCUT2D eigenvalue weighted by atomic mass is 32.1. The first-order valence-electron chi connectivity index (χ1n) is 8.81. The number of carbonyl (C=O) groups is 1. The van der Waals surface area contributed by atoms with Gasteiger partial charge < -0.3 is 19.3 Å². The van der Waals surface area contributed by atoms with Gasteiger partial charge in [-0.1, -0.05) is 0 Å². The zero-order valence-corrected chi connectivity index (χ0v) is 15.8. The first kappa shape index (κ1) is 18.2. The number of nitrogens with zero attached hydrogens (tertiary/aromatic N) is 2. The van der Waals surface area contributed by atoms with Crippen molar-refractivity contribution >= 4 is 27.4 Å². The van der Waals surface area contributed by atoms with Gasteiger partial charge in [0.25, 0.3) is 0 Å². The van der Waals surface area contributed by atoms with Crippen molar-refractivity contribution < 1.29 is 14.3 Å². The Balaban J connectivity index is 1.40. The van der Waals surface area contributed by atoms with Crippen LogP contribution in [-0.2, 0) is 4.74 Å². The Labute approximate surface area is 153 Å². The first-order chi connectivity index (χ1) is 12.2. The molecule has 0 aliphatic carbocycles. The van der Waals surface area contributed by atoms with E-state index in [2.05, 4.69) is 16.8 Å². The average Bonchev–Trinajstić information content (AvgIpc) is 3.06. The van der Waals surface area contributed by atoms with E-state index in [1.165, 1.54) is 11.3 Å². The van der Waals surface area contributed by atoms with Gasteiger partial charge in [-0.25, -0.2) is 4.79 Å². The van der Waals surface area contributed by atoms with Crippen molar-refractivity contribution in [3.8, 4) is 5.75 Å². The normalized spacial score (nSPS) is 16.2. The predicted octanol–water partition coefficient (Wildman–Crippen LogP) is 3.09. The number of fused-ring (bicyclic) bond motifs is 1. The van der Waals surface area contributed by atoms with E-state index in [9.17, 15) is 4.79 Å². The summed E-state index contributed by atoms with van der Waals surface area (Å²) in [5, 5.41) is 1.05. The lowest BCUT2D eigenvalue weighted by Gasteiger charge is -2.32. The topological polar surface area (TPSA) is 42.0 Å². The lowest BCUT2D eigenvalue weighted by atomic mass is 10.2. The van der Waals surface area contributed by atoms with Crippen LogP contribution in [0, 0.1) is 0 Å². The number of methoxy groups -OCH3 is 1. The molecule has 2 heterocycles. The molecule has 0 radical (unpaired) electrons. The molecule has 1 aliphatic heterocycles. The molecule has 136 valence electrons. The van der Waals surface area contributed by atoms with Crippen molar-refractivity contribution in [3.05, 3.63) is 29.1 Å². The third-order valence-corrected chi connectivity index (χ3v) is 5.70. The molecule has 1 aliphatic rings. The van der Waals surface area contributed by atoms with Crippen molar-refractivity contribution in [3.63, 3.8) is 0 Å². The summed E-state index contributed by atoms with van der Waals surface area (Å²) >= 11 is 1.45. The van der Waals surface area contributed by atoms with Gasteiger partial charge in [0, 0.05) is 30.9 Å². The molecule has 3 rings (SSSR count). The van der Waals surface area contributed by atoms with Crippen LogP contribution in [0.15, 0.2) is 24.3 Å². The van der Waals surface area contributed by atoms with Gasteiger partial charge in [-0.05, 0) is 56.1 Å². The van der Waals surface area contributed by atoms with E-state index in [4.69, 9.17) is 9.47 Å². The number of esters is 1. The Morgan fingerprint density at radius 3 is 2.72 bits per heavy atom. The third-order valence-electron chi connectivity index (χ3n) is 4.63. The number of piperazine rings is 1. The maximum atomic E-state index is 12.2. The number of benzene rings is 1. The molecule has 2 aromatic rings. The van der Waals surface area contributed by atoms with E-state index >= 15 is 0 Å². The minimum absolute atomic E-state index is 0.222. The molecule has 1 aromatic heterocycles. The highest BCUT2D eigenvalue weighted by Gasteiger charge is 2.14. The Morgan fingerprint density at radius 1 is 1.16 bits per heavy atom. The summed E-state index contributed by atoms with van der Waals surface area (Å²) in [5.41, 5.74) is 0. The Morgan fingerprint density at radius 2 is 1.96 bits per heavy atom. The quantitative estimate of drug-likeness (QED) is 0.559. The molecule has 0 bridgehead atoms. The minimum Gasteiger partial charge on any atom is -0.497 e. The van der Waals surface area contributed by atoms with E-state index < -0.39 is 0 Å². The average molecular weight is 362 g/mol. The predicted molar refractivity (Wildman–Crippen MR) is 102 cm³/mol. The standard InChI is InChI=1S/C19H26N2O3S/c1-20-8-10-21(11-9-20)7-3-4-12-24-19(22)18-13-15-5-6-16(23-2)14-17(15)25-18/h5-6,13-14H,3-4,7-12H2,1-2H3. The van der Waals surface area contributed by atoms with Crippen LogP contribution >= 0.6 is 11.3 Å². The largest absolute Gasteiger partial charge is 0.497 e. The summed E-state index contributed by atoms with van der Waals surface area (Å²) < 4.78 is 11.7. The number of hydrogen-bond acceptors (Lipinski definition) is 6. The molecule has 1 aromatic carbocycles. The maximum Gasteiger partial charge on any atom is 0.348 e. The molecule has 25 heavy (non-hydrogen) atoms. The summed E-state index contributed by atoms with van der Waals surface area (Å²) in [6, 6.07) is 7.72. The molecule has 0 N–H and O–H groups in total. The van der Waals surface area contributed by atoms with Gasteiger partial charge in [-0.3, -0.25) is 0 Å². The fourth-order valence-corrected chi connectivity index (χ4v) is 3.97. The SMILES string of the molecule is COc1ccc2cc(C(=O)OCCCCN3CCN(C)CC3)sc2c1. The van der Waals surface area contributed by atoms with Crippen LogP contribution < -0.4 is 4.74 Å². The van der Waals surface area contributed by atoms with Crippen LogP contribution in [0.5, 0.6) is 5.75 Å². The second kappa shape index (κ2) is 8.65. The van der Waals surface area contributed by atoms with E-state index in [1.807, 2.05) is 24.3 Å². The minimum atomic E-state index is -0.222. The summed E-state index contributed by atoms with van der Waals surface area (Å²) in [5.74, 6) is 0.581. The van der Waals surface area contributed by atoms with Gasteiger partial charge in [0.05, 0.1) is 13.7 Å². The van der Waals surface area contributed by atoms with Gasteiger partial charge in [0.1, 0.15) is 10.6 Å². The zero-order chi connectivity index (χ0) is 17.6. The second-order valence-corrected chi connectivity index (χ2v) is 7.59. The van der Waals surface area contributed by atoms with Crippen molar-refractivity contribution in [1.82, 2.24) is 9.80 Å². The molecule has 0 saturated carbocycles. The van der Waals surface area contributed by atoms with Crippen molar-refractivity contribution in [2.24, 2.45) is 0 Å². The molecule has 0 spiro atoms. The van der Waals surface area contributed by atoms with Crippen molar-refractivity contribution in [2.45, 2.75) is 12.8 Å². The molecule has 0 unspecified atom stereocenters. The summed E-state index contributed by atoms with van der Waals surface area (Å²) in [7, 11) is 3.81. The number of carbonyl (C=O) groups excluding carboxylic acids is 1. The number of thiophene rings is 1. The van der Waals surface area contributed by atoms with Gasteiger partial charge >= 0.3 is 5.97 Å². The van der Waals surface area contributed by atoms with E-state index in [-0.39, 0.29) is 5.97 Å². The van der Waals surface area contributed by atoms with Gasteiger partial charge in [0.15, 0.2) is 0 Å². The molecule has 0 atom stereocenters. The Hall–Kier alpha value is -1.63. The second-order valence-electron chi connectivity index (χ2n) is 6.50. The summed E-state index contributed by atoms with van der Waals surface area (Å²) in [6.07, 6.45) is 1.98. The molecular weight excluding hydrogens is 336 g/mol. The Kier molecular flexibility index (Phi) is 6.29. The third kappa shape index (κ3) is 4.93. The summed E-state index contributed by atoms with van der Waals surface area (Å²) in [4.78, 5) is 17.7. The molecule has 6 heteroatoms. The highest BCUT2D eigenvalue weighted by Crippen LogP contribution is 2.29. The maximum absolute atomic E-state index is 12.2. The van der Waals surface area contributed by atoms with Crippen LogP contribution in [0.2, 0.25) is 0 Å². The van der Waals surface area contributed by atoms with E-state index in [0.29, 0.717) is 11.5 Å². The molecular formula is C19H26N2O3S. The van der Waals surface area contributed by atoms with Crippen LogP contribution in [0.1, 0.15) is 22.5 Å². The van der Waals surface area contributed by atoms with Crippen molar-refractivity contribution in [1.29, 1.82) is 0 Å². The van der Waals surface area contributed by atoms with Crippen molar-refractivity contribution in [2.75, 3.05) is 53.5 Å². The Bertz CT molecular complexity index is 708. The van der Waals surface area contributed by atoms with Gasteiger partial charge in [-0.15, -0.1) is 11.3 Å². The smallest absolute Gasteiger partial charge is 0.348 e. The fraction of sp³-hybridized carbons (Fsp3) is 0.526. The molecule has 1 saturated heterocycles. The number of rotatable bonds is 7. The van der Waals surface area contributed by atoms with E-state index in [0.717, 1.165) is 61.4 Å². The van der Waals surface area contributed by atoms with Crippen LogP contribution in [0.3, 0.4) is 0 Å². The fourth-order valence-electron chi connectivity index (χ4n) is 2.98. The summed E-state index contributed by atoms with van der Waals surface area (Å²) in [6.45, 7) is 6.15. The van der Waals surface area contributed by atoms with Crippen LogP contribution in [-0.4, -0.2) is 69.3 Å².